The number of hydrogen-bond acceptors (Lipinski definition) is 4. The molecule has 0 N–H and O–H groups in total. The molecular formula is C13H14BrN3OS. The number of rotatable bonds is 2. The number of halogens is 1. The summed E-state index contributed by atoms with van der Waals surface area (Å²) in [6.45, 7) is 1.25. The van der Waals surface area contributed by atoms with E-state index in [0.29, 0.717) is 18.7 Å². The van der Waals surface area contributed by atoms with Gasteiger partial charge in [-0.1, -0.05) is 0 Å². The molecule has 1 aliphatic rings. The number of amides is 1. The smallest absolute Gasteiger partial charge is 0.255 e. The van der Waals surface area contributed by atoms with Crippen LogP contribution in [-0.4, -0.2) is 39.9 Å². The topological polar surface area (TPSA) is 57.0 Å². The molecule has 1 amide bonds. The van der Waals surface area contributed by atoms with Gasteiger partial charge in [0.05, 0.1) is 11.6 Å². The predicted octanol–water partition coefficient (Wildman–Crippen LogP) is 2.71. The first-order chi connectivity index (χ1) is 9.10. The lowest BCUT2D eigenvalue weighted by Gasteiger charge is -2.36. The molecule has 1 aromatic heterocycles. The van der Waals surface area contributed by atoms with Crippen LogP contribution < -0.4 is 0 Å². The van der Waals surface area contributed by atoms with Gasteiger partial charge in [-0.15, -0.1) is 11.8 Å². The largest absolute Gasteiger partial charge is 0.338 e. The van der Waals surface area contributed by atoms with Crippen LogP contribution in [0.1, 0.15) is 23.2 Å². The first kappa shape index (κ1) is 14.4. The monoisotopic (exact) mass is 339 g/mol. The van der Waals surface area contributed by atoms with Crippen LogP contribution in [-0.2, 0) is 0 Å². The van der Waals surface area contributed by atoms with Crippen molar-refractivity contribution >= 4 is 33.6 Å². The molecule has 1 aromatic rings. The molecule has 0 radical (unpaired) electrons. The first-order valence-corrected chi connectivity index (χ1v) is 7.98. The minimum Gasteiger partial charge on any atom is -0.338 e. The van der Waals surface area contributed by atoms with Gasteiger partial charge in [-0.2, -0.15) is 5.26 Å². The number of likely N-dealkylation sites (tertiary alicyclic amines) is 1. The molecule has 0 aromatic carbocycles. The quantitative estimate of drug-likeness (QED) is 0.831. The highest BCUT2D eigenvalue weighted by molar-refractivity contribution is 9.10. The second kappa shape index (κ2) is 5.93. The Hall–Kier alpha value is -1.06. The molecule has 0 atom stereocenters. The minimum atomic E-state index is -0.327. The molecule has 0 bridgehead atoms. The molecule has 2 rings (SSSR count). The minimum absolute atomic E-state index is 0.0126. The lowest BCUT2D eigenvalue weighted by atomic mass is 9.97. The molecule has 4 nitrogen and oxygen atoms in total. The van der Waals surface area contributed by atoms with Crippen molar-refractivity contribution in [3.8, 4) is 6.07 Å². The maximum absolute atomic E-state index is 12.3. The number of carbonyl (C=O) groups is 1. The van der Waals surface area contributed by atoms with Crippen molar-refractivity contribution in [2.24, 2.45) is 0 Å². The van der Waals surface area contributed by atoms with Crippen LogP contribution in [0.4, 0.5) is 0 Å². The summed E-state index contributed by atoms with van der Waals surface area (Å²) in [5.74, 6) is -0.0126. The lowest BCUT2D eigenvalue weighted by Crippen LogP contribution is -2.44. The molecule has 100 valence electrons. The fourth-order valence-corrected chi connectivity index (χ4v) is 3.19. The van der Waals surface area contributed by atoms with E-state index in [4.69, 9.17) is 0 Å². The van der Waals surface area contributed by atoms with E-state index < -0.39 is 0 Å². The SMILES string of the molecule is CSC1(C#N)CCN(C(=O)c2cncc(Br)c2)CC1. The third-order valence-corrected chi connectivity index (χ3v) is 5.12. The summed E-state index contributed by atoms with van der Waals surface area (Å²) in [4.78, 5) is 18.1. The average molecular weight is 340 g/mol. The molecule has 1 saturated heterocycles. The molecule has 6 heteroatoms. The van der Waals surface area contributed by atoms with Gasteiger partial charge in [0, 0.05) is 30.0 Å². The highest BCUT2D eigenvalue weighted by atomic mass is 79.9. The zero-order chi connectivity index (χ0) is 13.9. The highest BCUT2D eigenvalue weighted by Crippen LogP contribution is 2.34. The number of pyridine rings is 1. The summed E-state index contributed by atoms with van der Waals surface area (Å²) in [5.41, 5.74) is 0.586. The van der Waals surface area contributed by atoms with E-state index >= 15 is 0 Å². The summed E-state index contributed by atoms with van der Waals surface area (Å²) in [6, 6.07) is 4.15. The fraction of sp³-hybridized carbons (Fsp3) is 0.462. The van der Waals surface area contributed by atoms with E-state index in [-0.39, 0.29) is 10.7 Å². The van der Waals surface area contributed by atoms with Crippen molar-refractivity contribution in [2.45, 2.75) is 17.6 Å². The summed E-state index contributed by atoms with van der Waals surface area (Å²) >= 11 is 4.90. The maximum atomic E-state index is 12.3. The van der Waals surface area contributed by atoms with E-state index in [0.717, 1.165) is 17.3 Å². The molecular weight excluding hydrogens is 326 g/mol. The van der Waals surface area contributed by atoms with Crippen molar-refractivity contribution in [1.82, 2.24) is 9.88 Å². The van der Waals surface area contributed by atoms with Gasteiger partial charge in [0.15, 0.2) is 0 Å². The fourth-order valence-electron chi connectivity index (χ4n) is 2.14. The van der Waals surface area contributed by atoms with Crippen LogP contribution in [0.3, 0.4) is 0 Å². The van der Waals surface area contributed by atoms with Crippen LogP contribution in [0.25, 0.3) is 0 Å². The molecule has 2 heterocycles. The van der Waals surface area contributed by atoms with Crippen molar-refractivity contribution in [1.29, 1.82) is 5.26 Å². The van der Waals surface area contributed by atoms with Crippen LogP contribution in [0.15, 0.2) is 22.9 Å². The van der Waals surface area contributed by atoms with Gasteiger partial charge in [0.25, 0.3) is 5.91 Å². The van der Waals surface area contributed by atoms with E-state index in [1.54, 1.807) is 35.1 Å². The zero-order valence-corrected chi connectivity index (χ0v) is 13.0. The molecule has 19 heavy (non-hydrogen) atoms. The molecule has 0 saturated carbocycles. The summed E-state index contributed by atoms with van der Waals surface area (Å²) < 4.78 is 0.470. The first-order valence-electron chi connectivity index (χ1n) is 5.96. The van der Waals surface area contributed by atoms with Crippen LogP contribution in [0, 0.1) is 11.3 Å². The Balaban J connectivity index is 2.06. The van der Waals surface area contributed by atoms with Gasteiger partial charge in [-0.05, 0) is 41.1 Å². The molecule has 1 fully saturated rings. The second-order valence-corrected chi connectivity index (χ2v) is 6.60. The zero-order valence-electron chi connectivity index (χ0n) is 10.6. The molecule has 0 spiro atoms. The highest BCUT2D eigenvalue weighted by Gasteiger charge is 2.35. The lowest BCUT2D eigenvalue weighted by molar-refractivity contribution is 0.0716. The van der Waals surface area contributed by atoms with Gasteiger partial charge >= 0.3 is 0 Å². The van der Waals surface area contributed by atoms with Crippen molar-refractivity contribution in [3.63, 3.8) is 0 Å². The number of carbonyl (C=O) groups excluding carboxylic acids is 1. The third kappa shape index (κ3) is 3.10. The van der Waals surface area contributed by atoms with Crippen molar-refractivity contribution in [3.05, 3.63) is 28.5 Å². The Morgan fingerprint density at radius 3 is 2.74 bits per heavy atom. The third-order valence-electron chi connectivity index (χ3n) is 3.40. The molecule has 0 aliphatic carbocycles. The van der Waals surface area contributed by atoms with E-state index in [9.17, 15) is 10.1 Å². The van der Waals surface area contributed by atoms with Gasteiger partial charge in [0.2, 0.25) is 0 Å². The summed E-state index contributed by atoms with van der Waals surface area (Å²) in [6.07, 6.45) is 6.63. The Kier molecular flexibility index (Phi) is 4.48. The molecule has 0 unspecified atom stereocenters. The number of nitrogens with zero attached hydrogens (tertiary/aromatic N) is 3. The number of hydrogen-bond donors (Lipinski definition) is 0. The van der Waals surface area contributed by atoms with Gasteiger partial charge < -0.3 is 4.90 Å². The second-order valence-electron chi connectivity index (χ2n) is 4.49. The average Bonchev–Trinajstić information content (AvgIpc) is 2.46. The number of piperidine rings is 1. The Morgan fingerprint density at radius 2 is 2.21 bits per heavy atom. The van der Waals surface area contributed by atoms with Gasteiger partial charge in [-0.3, -0.25) is 9.78 Å². The normalized spacial score (nSPS) is 17.8. The van der Waals surface area contributed by atoms with E-state index in [1.165, 1.54) is 0 Å². The summed E-state index contributed by atoms with van der Waals surface area (Å²) in [5, 5.41) is 9.23. The maximum Gasteiger partial charge on any atom is 0.255 e. The number of thioether (sulfide) groups is 1. The van der Waals surface area contributed by atoms with Gasteiger partial charge in [0.1, 0.15) is 4.75 Å². The molecule has 1 aliphatic heterocycles. The predicted molar refractivity (Wildman–Crippen MR) is 78.9 cm³/mol. The van der Waals surface area contributed by atoms with E-state index in [1.807, 2.05) is 6.26 Å². The Bertz CT molecular complexity index is 521. The van der Waals surface area contributed by atoms with Crippen LogP contribution in [0.5, 0.6) is 0 Å². The number of aromatic nitrogens is 1. The Labute approximate surface area is 125 Å². The van der Waals surface area contributed by atoms with Crippen LogP contribution in [0.2, 0.25) is 0 Å². The Morgan fingerprint density at radius 1 is 1.53 bits per heavy atom. The van der Waals surface area contributed by atoms with Crippen molar-refractivity contribution < 1.29 is 4.79 Å². The van der Waals surface area contributed by atoms with Crippen molar-refractivity contribution in [2.75, 3.05) is 19.3 Å². The van der Waals surface area contributed by atoms with Crippen LogP contribution >= 0.6 is 27.7 Å². The standard InChI is InChI=1S/C13H14BrN3OS/c1-19-13(9-15)2-4-17(5-3-13)12(18)10-6-11(14)8-16-7-10/h6-8H,2-5H2,1H3. The van der Waals surface area contributed by atoms with E-state index in [2.05, 4.69) is 27.0 Å². The van der Waals surface area contributed by atoms with Gasteiger partial charge in [-0.25, -0.2) is 0 Å². The number of nitriles is 1. The summed E-state index contributed by atoms with van der Waals surface area (Å²) in [7, 11) is 0.